The molecule has 1 fully saturated rings. The van der Waals surface area contributed by atoms with Crippen molar-refractivity contribution in [2.45, 2.75) is 64.5 Å². The molecule has 0 aromatic carbocycles. The quantitative estimate of drug-likeness (QED) is 0.663. The minimum atomic E-state index is -2.57. The second-order valence-corrected chi connectivity index (χ2v) is 7.86. The summed E-state index contributed by atoms with van der Waals surface area (Å²) in [6, 6.07) is -0.0621. The van der Waals surface area contributed by atoms with Crippen LogP contribution in [0.25, 0.3) is 11.0 Å². The van der Waals surface area contributed by atoms with Crippen LogP contribution in [0.5, 0.6) is 5.88 Å². The molecular formula is C19H23F2N7O. The highest BCUT2D eigenvalue weighted by Crippen LogP contribution is 2.41. The molecule has 154 valence electrons. The molecule has 3 aromatic rings. The van der Waals surface area contributed by atoms with Crippen LogP contribution in [0.4, 0.5) is 20.4 Å². The zero-order valence-corrected chi connectivity index (χ0v) is 16.5. The van der Waals surface area contributed by atoms with Crippen molar-refractivity contribution in [2.24, 2.45) is 0 Å². The number of rotatable bonds is 1. The lowest BCUT2D eigenvalue weighted by Gasteiger charge is -2.29. The molecular weight excluding hydrogens is 380 g/mol. The molecule has 2 bridgehead atoms. The fourth-order valence-electron chi connectivity index (χ4n) is 4.18. The van der Waals surface area contributed by atoms with Gasteiger partial charge >= 0.3 is 0 Å². The molecule has 0 amide bonds. The van der Waals surface area contributed by atoms with E-state index in [1.54, 1.807) is 6.20 Å². The van der Waals surface area contributed by atoms with Crippen molar-refractivity contribution in [1.82, 2.24) is 29.5 Å². The summed E-state index contributed by atoms with van der Waals surface area (Å²) in [7, 11) is 0. The monoisotopic (exact) mass is 403 g/mol. The molecule has 0 atom stereocenters. The van der Waals surface area contributed by atoms with Crippen molar-refractivity contribution in [2.75, 3.05) is 11.9 Å². The minimum absolute atomic E-state index is 0.0621. The molecule has 0 radical (unpaired) electrons. The second-order valence-electron chi connectivity index (χ2n) is 7.86. The number of aromatic nitrogens is 6. The van der Waals surface area contributed by atoms with Crippen molar-refractivity contribution in [3.05, 3.63) is 17.6 Å². The Kier molecular flexibility index (Phi) is 4.18. The Morgan fingerprint density at radius 1 is 1.21 bits per heavy atom. The molecule has 0 unspecified atom stereocenters. The van der Waals surface area contributed by atoms with Crippen molar-refractivity contribution in [3.63, 3.8) is 0 Å². The van der Waals surface area contributed by atoms with E-state index in [0.29, 0.717) is 43.5 Å². The zero-order chi connectivity index (χ0) is 20.2. The number of nitrogens with one attached hydrogen (secondary N) is 1. The van der Waals surface area contributed by atoms with E-state index >= 15 is 0 Å². The summed E-state index contributed by atoms with van der Waals surface area (Å²) < 4.78 is 36.8. The molecule has 0 saturated heterocycles. The fourth-order valence-corrected chi connectivity index (χ4v) is 4.18. The van der Waals surface area contributed by atoms with E-state index in [1.807, 2.05) is 23.2 Å². The summed E-state index contributed by atoms with van der Waals surface area (Å²) >= 11 is 0. The number of halogens is 2. The molecule has 4 heterocycles. The molecule has 2 aliphatic rings. The molecule has 5 rings (SSSR count). The van der Waals surface area contributed by atoms with Crippen LogP contribution < -0.4 is 10.1 Å². The fraction of sp³-hybridized carbons (Fsp3) is 0.579. The standard InChI is InChI=1S/C19H23F2N7O/c1-11-14-10-22-18-23-15-12(2)28(13-4-6-19(20,21)7-5-13)26-17(15)29-9-3-8-27(25-11)16(14)24-18/h10,13H,3-9H2,1-2H3,(H,22,23,24). The Morgan fingerprint density at radius 3 is 2.79 bits per heavy atom. The maximum atomic E-state index is 13.6. The number of ether oxygens (including phenoxy) is 1. The Balaban J connectivity index is 1.52. The lowest BCUT2D eigenvalue weighted by atomic mass is 9.92. The molecule has 1 aliphatic carbocycles. The predicted molar refractivity (Wildman–Crippen MR) is 103 cm³/mol. The molecule has 10 heteroatoms. The Hall–Kier alpha value is -2.78. The van der Waals surface area contributed by atoms with Crippen LogP contribution >= 0.6 is 0 Å². The number of anilines is 2. The topological polar surface area (TPSA) is 82.7 Å². The molecule has 29 heavy (non-hydrogen) atoms. The van der Waals surface area contributed by atoms with Crippen molar-refractivity contribution in [1.29, 1.82) is 0 Å². The lowest BCUT2D eigenvalue weighted by molar-refractivity contribution is -0.0452. The van der Waals surface area contributed by atoms with Crippen molar-refractivity contribution < 1.29 is 13.5 Å². The number of fused-ring (bicyclic) bond motifs is 2. The summed E-state index contributed by atoms with van der Waals surface area (Å²) in [5, 5.41) is 13.3. The van der Waals surface area contributed by atoms with Gasteiger partial charge in [0.15, 0.2) is 5.65 Å². The van der Waals surface area contributed by atoms with Gasteiger partial charge in [0.1, 0.15) is 5.69 Å². The molecule has 1 N–H and O–H groups in total. The van der Waals surface area contributed by atoms with Gasteiger partial charge in [-0.2, -0.15) is 10.1 Å². The summed E-state index contributed by atoms with van der Waals surface area (Å²) in [6.45, 7) is 5.00. The number of hydrogen-bond acceptors (Lipinski definition) is 6. The molecule has 1 saturated carbocycles. The van der Waals surface area contributed by atoms with Crippen LogP contribution in [0.2, 0.25) is 0 Å². The van der Waals surface area contributed by atoms with Gasteiger partial charge in [0.05, 0.1) is 29.4 Å². The summed E-state index contributed by atoms with van der Waals surface area (Å²) in [5.74, 6) is -1.68. The van der Waals surface area contributed by atoms with Gasteiger partial charge in [0.2, 0.25) is 11.9 Å². The maximum Gasteiger partial charge on any atom is 0.257 e. The highest BCUT2D eigenvalue weighted by molar-refractivity contribution is 5.79. The average molecular weight is 403 g/mol. The van der Waals surface area contributed by atoms with Gasteiger partial charge in [0.25, 0.3) is 5.88 Å². The Bertz CT molecular complexity index is 1060. The van der Waals surface area contributed by atoms with E-state index < -0.39 is 5.92 Å². The third kappa shape index (κ3) is 3.20. The first-order valence-electron chi connectivity index (χ1n) is 9.98. The lowest BCUT2D eigenvalue weighted by Crippen LogP contribution is -2.27. The normalized spacial score (nSPS) is 19.4. The van der Waals surface area contributed by atoms with Crippen LogP contribution in [0.15, 0.2) is 6.20 Å². The largest absolute Gasteiger partial charge is 0.475 e. The molecule has 3 aromatic heterocycles. The average Bonchev–Trinajstić information content (AvgIpc) is 3.16. The first kappa shape index (κ1) is 18.3. The van der Waals surface area contributed by atoms with Gasteiger partial charge in [-0.1, -0.05) is 0 Å². The van der Waals surface area contributed by atoms with E-state index in [4.69, 9.17) is 4.74 Å². The first-order chi connectivity index (χ1) is 13.9. The van der Waals surface area contributed by atoms with E-state index in [2.05, 4.69) is 25.5 Å². The molecule has 8 nitrogen and oxygen atoms in total. The van der Waals surface area contributed by atoms with Crippen LogP contribution in [-0.4, -0.2) is 42.1 Å². The maximum absolute atomic E-state index is 13.6. The van der Waals surface area contributed by atoms with E-state index in [1.165, 1.54) is 0 Å². The second kappa shape index (κ2) is 6.64. The van der Waals surface area contributed by atoms with Crippen LogP contribution in [0, 0.1) is 13.8 Å². The van der Waals surface area contributed by atoms with Crippen LogP contribution in [0.3, 0.4) is 0 Å². The molecule has 1 aliphatic heterocycles. The summed E-state index contributed by atoms with van der Waals surface area (Å²) in [5.41, 5.74) is 3.19. The number of hydrogen-bond donors (Lipinski definition) is 1. The van der Waals surface area contributed by atoms with E-state index in [0.717, 1.165) is 28.8 Å². The zero-order valence-electron chi connectivity index (χ0n) is 16.5. The SMILES string of the molecule is Cc1nn2c3nc(ncc13)Nc1c(nn(C3CCC(F)(F)CC3)c1C)OCCC2. The van der Waals surface area contributed by atoms with Gasteiger partial charge in [0, 0.05) is 32.0 Å². The Labute approximate surface area is 166 Å². The van der Waals surface area contributed by atoms with Crippen molar-refractivity contribution >= 4 is 22.7 Å². The van der Waals surface area contributed by atoms with Gasteiger partial charge in [-0.25, -0.2) is 18.4 Å². The van der Waals surface area contributed by atoms with Gasteiger partial charge < -0.3 is 10.1 Å². The summed E-state index contributed by atoms with van der Waals surface area (Å²) in [4.78, 5) is 9.07. The first-order valence-corrected chi connectivity index (χ1v) is 9.98. The summed E-state index contributed by atoms with van der Waals surface area (Å²) in [6.07, 6.45) is 3.09. The van der Waals surface area contributed by atoms with Crippen LogP contribution in [0.1, 0.15) is 49.5 Å². The molecule has 0 spiro atoms. The van der Waals surface area contributed by atoms with Gasteiger partial charge in [-0.3, -0.25) is 4.68 Å². The predicted octanol–water partition coefficient (Wildman–Crippen LogP) is 3.92. The number of aryl methyl sites for hydroxylation is 2. The smallest absolute Gasteiger partial charge is 0.257 e. The number of nitrogens with zero attached hydrogens (tertiary/aromatic N) is 6. The minimum Gasteiger partial charge on any atom is -0.475 e. The third-order valence-corrected chi connectivity index (χ3v) is 5.81. The van der Waals surface area contributed by atoms with E-state index in [-0.39, 0.29) is 18.9 Å². The van der Waals surface area contributed by atoms with Gasteiger partial charge in [-0.15, -0.1) is 5.10 Å². The number of alkyl halides is 2. The van der Waals surface area contributed by atoms with E-state index in [9.17, 15) is 8.78 Å². The Morgan fingerprint density at radius 2 is 2.00 bits per heavy atom. The highest BCUT2D eigenvalue weighted by Gasteiger charge is 2.37. The van der Waals surface area contributed by atoms with Crippen LogP contribution in [-0.2, 0) is 6.54 Å². The highest BCUT2D eigenvalue weighted by atomic mass is 19.3. The van der Waals surface area contributed by atoms with Crippen molar-refractivity contribution in [3.8, 4) is 5.88 Å². The third-order valence-electron chi connectivity index (χ3n) is 5.81. The van der Waals surface area contributed by atoms with Gasteiger partial charge in [-0.05, 0) is 26.7 Å².